The van der Waals surface area contributed by atoms with Crippen LogP contribution in [-0.4, -0.2) is 36.1 Å². The predicted molar refractivity (Wildman–Crippen MR) is 90.3 cm³/mol. The van der Waals surface area contributed by atoms with Gasteiger partial charge in [0.1, 0.15) is 0 Å². The number of hydrogen-bond donors (Lipinski definition) is 1. The summed E-state index contributed by atoms with van der Waals surface area (Å²) in [5.74, 6) is 0. The van der Waals surface area contributed by atoms with Crippen molar-refractivity contribution >= 4 is 0 Å². The molecule has 1 fully saturated rings. The zero-order valence-corrected chi connectivity index (χ0v) is 14.5. The van der Waals surface area contributed by atoms with E-state index in [1.165, 1.54) is 70.9 Å². The molecule has 0 radical (unpaired) electrons. The molecule has 1 heterocycles. The molecule has 0 aromatic heterocycles. The van der Waals surface area contributed by atoms with Crippen molar-refractivity contribution < 1.29 is 0 Å². The Morgan fingerprint density at radius 1 is 1.00 bits per heavy atom. The van der Waals surface area contributed by atoms with Crippen LogP contribution in [0.15, 0.2) is 0 Å². The van der Waals surface area contributed by atoms with Gasteiger partial charge in [0.15, 0.2) is 0 Å². The third-order valence-corrected chi connectivity index (χ3v) is 5.08. The SMILES string of the molecule is CCCCCCCCCCN1CC(C)(CC)NCC1C. The van der Waals surface area contributed by atoms with Crippen LogP contribution in [0.4, 0.5) is 0 Å². The fourth-order valence-electron chi connectivity index (χ4n) is 3.17. The van der Waals surface area contributed by atoms with Crippen LogP contribution >= 0.6 is 0 Å². The lowest BCUT2D eigenvalue weighted by Crippen LogP contribution is -2.61. The lowest BCUT2D eigenvalue weighted by atomic mass is 9.93. The summed E-state index contributed by atoms with van der Waals surface area (Å²) in [6, 6.07) is 0.708. The van der Waals surface area contributed by atoms with E-state index in [-0.39, 0.29) is 0 Å². The Kier molecular flexibility index (Phi) is 8.79. The van der Waals surface area contributed by atoms with Gasteiger partial charge in [-0.15, -0.1) is 0 Å². The molecule has 0 amide bonds. The quantitative estimate of drug-likeness (QED) is 0.590. The fourth-order valence-corrected chi connectivity index (χ4v) is 3.17. The second kappa shape index (κ2) is 9.78. The number of rotatable bonds is 10. The normalized spacial score (nSPS) is 27.9. The van der Waals surface area contributed by atoms with Crippen LogP contribution in [0.3, 0.4) is 0 Å². The summed E-state index contributed by atoms with van der Waals surface area (Å²) in [7, 11) is 0. The third kappa shape index (κ3) is 6.58. The van der Waals surface area contributed by atoms with E-state index in [9.17, 15) is 0 Å². The topological polar surface area (TPSA) is 15.3 Å². The van der Waals surface area contributed by atoms with E-state index in [1.807, 2.05) is 0 Å². The average molecular weight is 283 g/mol. The number of hydrogen-bond acceptors (Lipinski definition) is 2. The summed E-state index contributed by atoms with van der Waals surface area (Å²) in [5.41, 5.74) is 0.340. The standard InChI is InChI=1S/C18H38N2/c1-5-7-8-9-10-11-12-13-14-20-16-18(4,6-2)19-15-17(20)3/h17,19H,5-16H2,1-4H3. The molecule has 2 unspecified atom stereocenters. The monoisotopic (exact) mass is 282 g/mol. The van der Waals surface area contributed by atoms with Gasteiger partial charge in [0, 0.05) is 24.7 Å². The van der Waals surface area contributed by atoms with Crippen molar-refractivity contribution in [3.05, 3.63) is 0 Å². The number of nitrogens with one attached hydrogen (secondary N) is 1. The van der Waals surface area contributed by atoms with Gasteiger partial charge in [-0.25, -0.2) is 0 Å². The van der Waals surface area contributed by atoms with Crippen molar-refractivity contribution in [1.82, 2.24) is 10.2 Å². The maximum absolute atomic E-state index is 3.71. The van der Waals surface area contributed by atoms with Gasteiger partial charge in [0.25, 0.3) is 0 Å². The fraction of sp³-hybridized carbons (Fsp3) is 1.00. The minimum Gasteiger partial charge on any atom is -0.309 e. The van der Waals surface area contributed by atoms with Gasteiger partial charge in [-0.2, -0.15) is 0 Å². The van der Waals surface area contributed by atoms with Gasteiger partial charge in [-0.05, 0) is 33.2 Å². The molecule has 1 N–H and O–H groups in total. The highest BCUT2D eigenvalue weighted by molar-refractivity contribution is 4.92. The van der Waals surface area contributed by atoms with Gasteiger partial charge >= 0.3 is 0 Å². The van der Waals surface area contributed by atoms with E-state index in [1.54, 1.807) is 0 Å². The molecule has 0 saturated carbocycles. The molecule has 2 heteroatoms. The molecule has 1 aliphatic heterocycles. The van der Waals surface area contributed by atoms with Gasteiger partial charge in [-0.1, -0.05) is 58.8 Å². The second-order valence-corrected chi connectivity index (χ2v) is 7.09. The van der Waals surface area contributed by atoms with Crippen LogP contribution in [-0.2, 0) is 0 Å². The summed E-state index contributed by atoms with van der Waals surface area (Å²) >= 11 is 0. The lowest BCUT2D eigenvalue weighted by molar-refractivity contribution is 0.0914. The van der Waals surface area contributed by atoms with Gasteiger partial charge in [-0.3, -0.25) is 4.90 Å². The maximum Gasteiger partial charge on any atom is 0.0278 e. The number of piperazine rings is 1. The summed E-state index contributed by atoms with van der Waals surface area (Å²) in [5, 5.41) is 3.71. The molecule has 0 aromatic carbocycles. The van der Waals surface area contributed by atoms with E-state index >= 15 is 0 Å². The first-order valence-corrected chi connectivity index (χ1v) is 9.10. The molecular formula is C18H38N2. The van der Waals surface area contributed by atoms with E-state index < -0.39 is 0 Å². The minimum atomic E-state index is 0.340. The maximum atomic E-state index is 3.71. The van der Waals surface area contributed by atoms with Crippen LogP contribution in [0.2, 0.25) is 0 Å². The zero-order valence-electron chi connectivity index (χ0n) is 14.5. The minimum absolute atomic E-state index is 0.340. The Balaban J connectivity index is 2.08. The Bertz CT molecular complexity index is 242. The first kappa shape index (κ1) is 18.0. The van der Waals surface area contributed by atoms with Crippen LogP contribution in [0.25, 0.3) is 0 Å². The molecule has 20 heavy (non-hydrogen) atoms. The highest BCUT2D eigenvalue weighted by Gasteiger charge is 2.31. The lowest BCUT2D eigenvalue weighted by Gasteiger charge is -2.45. The molecule has 1 saturated heterocycles. The van der Waals surface area contributed by atoms with Crippen LogP contribution < -0.4 is 5.32 Å². The predicted octanol–water partition coefficient (Wildman–Crippen LogP) is 4.59. The molecule has 0 spiro atoms. The highest BCUT2D eigenvalue weighted by Crippen LogP contribution is 2.19. The number of unbranched alkanes of at least 4 members (excludes halogenated alkanes) is 7. The first-order chi connectivity index (χ1) is 9.61. The average Bonchev–Trinajstić information content (AvgIpc) is 2.45. The van der Waals surface area contributed by atoms with E-state index in [0.717, 1.165) is 6.54 Å². The number of nitrogens with zero attached hydrogens (tertiary/aromatic N) is 1. The highest BCUT2D eigenvalue weighted by atomic mass is 15.2. The van der Waals surface area contributed by atoms with Crippen molar-refractivity contribution in [3.63, 3.8) is 0 Å². The molecule has 0 aliphatic carbocycles. The van der Waals surface area contributed by atoms with Gasteiger partial charge in [0.05, 0.1) is 0 Å². The van der Waals surface area contributed by atoms with Crippen LogP contribution in [0.1, 0.15) is 85.5 Å². The Hall–Kier alpha value is -0.0800. The second-order valence-electron chi connectivity index (χ2n) is 7.09. The molecule has 2 nitrogen and oxygen atoms in total. The Morgan fingerprint density at radius 2 is 1.60 bits per heavy atom. The summed E-state index contributed by atoms with van der Waals surface area (Å²) in [4.78, 5) is 2.71. The van der Waals surface area contributed by atoms with Crippen LogP contribution in [0, 0.1) is 0 Å². The largest absolute Gasteiger partial charge is 0.309 e. The van der Waals surface area contributed by atoms with Crippen molar-refractivity contribution in [1.29, 1.82) is 0 Å². The summed E-state index contributed by atoms with van der Waals surface area (Å²) in [6.45, 7) is 13.0. The summed E-state index contributed by atoms with van der Waals surface area (Å²) < 4.78 is 0. The van der Waals surface area contributed by atoms with Crippen molar-refractivity contribution in [2.75, 3.05) is 19.6 Å². The molecule has 1 aliphatic rings. The smallest absolute Gasteiger partial charge is 0.0278 e. The molecular weight excluding hydrogens is 244 g/mol. The van der Waals surface area contributed by atoms with E-state index in [0.29, 0.717) is 11.6 Å². The van der Waals surface area contributed by atoms with E-state index in [2.05, 4.69) is 37.9 Å². The van der Waals surface area contributed by atoms with Gasteiger partial charge in [0.2, 0.25) is 0 Å². The van der Waals surface area contributed by atoms with Crippen molar-refractivity contribution in [2.45, 2.75) is 97.1 Å². The molecule has 120 valence electrons. The first-order valence-electron chi connectivity index (χ1n) is 9.10. The van der Waals surface area contributed by atoms with Crippen LogP contribution in [0.5, 0.6) is 0 Å². The van der Waals surface area contributed by atoms with Crippen molar-refractivity contribution in [2.24, 2.45) is 0 Å². The Morgan fingerprint density at radius 3 is 2.20 bits per heavy atom. The molecule has 0 aromatic rings. The van der Waals surface area contributed by atoms with E-state index in [4.69, 9.17) is 0 Å². The molecule has 1 rings (SSSR count). The van der Waals surface area contributed by atoms with Gasteiger partial charge < -0.3 is 5.32 Å². The zero-order chi connectivity index (χ0) is 14.8. The molecule has 2 atom stereocenters. The molecule has 0 bridgehead atoms. The van der Waals surface area contributed by atoms with Crippen molar-refractivity contribution in [3.8, 4) is 0 Å². The summed E-state index contributed by atoms with van der Waals surface area (Å²) in [6.07, 6.45) is 12.6. The third-order valence-electron chi connectivity index (χ3n) is 5.08. The Labute approximate surface area is 127 Å².